The van der Waals surface area contributed by atoms with Crippen LogP contribution in [0.25, 0.3) is 0 Å². The third-order valence-corrected chi connectivity index (χ3v) is 3.43. The third kappa shape index (κ3) is 5.80. The number of carboxylic acid groups (broad SMARTS) is 1. The molecule has 7 heteroatoms. The van der Waals surface area contributed by atoms with Gasteiger partial charge in [0.25, 0.3) is 0 Å². The standard InChI is InChI=1S/C18H20N2O5/c1-12-8-15(24-2)9-14(19-12)10-16(17(21)22)20-18(23)25-11-13-6-4-3-5-7-13/h3-9,16H,10-11H2,1-2H3,(H,20,23)(H,21,22). The normalized spacial score (nSPS) is 11.4. The van der Waals surface area contributed by atoms with E-state index in [0.29, 0.717) is 17.1 Å². The molecule has 0 spiro atoms. The molecule has 0 aliphatic rings. The summed E-state index contributed by atoms with van der Waals surface area (Å²) in [7, 11) is 1.52. The molecule has 0 aliphatic carbocycles. The van der Waals surface area contributed by atoms with Gasteiger partial charge in [-0.15, -0.1) is 0 Å². The van der Waals surface area contributed by atoms with E-state index in [1.807, 2.05) is 30.3 Å². The summed E-state index contributed by atoms with van der Waals surface area (Å²) in [6.45, 7) is 1.85. The number of hydrogen-bond acceptors (Lipinski definition) is 5. The Hall–Kier alpha value is -3.09. The van der Waals surface area contributed by atoms with Crippen molar-refractivity contribution in [3.05, 3.63) is 59.4 Å². The Morgan fingerprint density at radius 3 is 2.60 bits per heavy atom. The number of benzene rings is 1. The van der Waals surface area contributed by atoms with Crippen molar-refractivity contribution in [1.29, 1.82) is 0 Å². The molecule has 25 heavy (non-hydrogen) atoms. The van der Waals surface area contributed by atoms with Crippen LogP contribution >= 0.6 is 0 Å². The van der Waals surface area contributed by atoms with Crippen LogP contribution in [0, 0.1) is 6.92 Å². The highest BCUT2D eigenvalue weighted by atomic mass is 16.5. The predicted molar refractivity (Wildman–Crippen MR) is 90.4 cm³/mol. The monoisotopic (exact) mass is 344 g/mol. The summed E-state index contributed by atoms with van der Waals surface area (Å²) in [5.41, 5.74) is 2.02. The van der Waals surface area contributed by atoms with Crippen molar-refractivity contribution in [3.63, 3.8) is 0 Å². The maximum absolute atomic E-state index is 11.9. The molecule has 2 aromatic rings. The molecule has 0 bridgehead atoms. The number of ether oxygens (including phenoxy) is 2. The Kier molecular flexibility index (Phi) is 6.33. The smallest absolute Gasteiger partial charge is 0.408 e. The minimum Gasteiger partial charge on any atom is -0.497 e. The van der Waals surface area contributed by atoms with Gasteiger partial charge in [-0.3, -0.25) is 4.98 Å². The summed E-state index contributed by atoms with van der Waals surface area (Å²) in [5.74, 6) is -0.586. The van der Waals surface area contributed by atoms with Gasteiger partial charge < -0.3 is 19.9 Å². The zero-order chi connectivity index (χ0) is 18.2. The minimum atomic E-state index is -1.17. The van der Waals surface area contributed by atoms with Crippen LogP contribution in [0.4, 0.5) is 4.79 Å². The maximum atomic E-state index is 11.9. The van der Waals surface area contributed by atoms with Crippen LogP contribution in [0.1, 0.15) is 17.0 Å². The first-order valence-electron chi connectivity index (χ1n) is 7.69. The van der Waals surface area contributed by atoms with E-state index in [4.69, 9.17) is 9.47 Å². The average molecular weight is 344 g/mol. The van der Waals surface area contributed by atoms with Gasteiger partial charge in [0.05, 0.1) is 7.11 Å². The van der Waals surface area contributed by atoms with Gasteiger partial charge in [-0.2, -0.15) is 0 Å². The molecule has 1 aromatic carbocycles. The first-order valence-corrected chi connectivity index (χ1v) is 7.69. The van der Waals surface area contributed by atoms with Gasteiger partial charge in [0.15, 0.2) is 0 Å². The summed E-state index contributed by atoms with van der Waals surface area (Å²) >= 11 is 0. The van der Waals surface area contributed by atoms with Gasteiger partial charge in [0.2, 0.25) is 0 Å². The van der Waals surface area contributed by atoms with Crippen molar-refractivity contribution < 1.29 is 24.2 Å². The van der Waals surface area contributed by atoms with E-state index in [2.05, 4.69) is 10.3 Å². The van der Waals surface area contributed by atoms with Crippen molar-refractivity contribution in [3.8, 4) is 5.75 Å². The topological polar surface area (TPSA) is 97.8 Å². The number of alkyl carbamates (subject to hydrolysis) is 1. The van der Waals surface area contributed by atoms with Gasteiger partial charge in [0, 0.05) is 29.9 Å². The molecule has 1 amide bonds. The number of methoxy groups -OCH3 is 1. The van der Waals surface area contributed by atoms with Gasteiger partial charge in [-0.1, -0.05) is 30.3 Å². The number of pyridine rings is 1. The number of aliphatic carboxylic acids is 1. The molecule has 0 saturated heterocycles. The van der Waals surface area contributed by atoms with E-state index in [1.165, 1.54) is 7.11 Å². The van der Waals surface area contributed by atoms with Gasteiger partial charge in [-0.05, 0) is 12.5 Å². The summed E-state index contributed by atoms with van der Waals surface area (Å²) in [4.78, 5) is 27.6. The van der Waals surface area contributed by atoms with E-state index in [9.17, 15) is 14.7 Å². The summed E-state index contributed by atoms with van der Waals surface area (Å²) in [6.07, 6.45) is -0.774. The van der Waals surface area contributed by atoms with E-state index in [1.54, 1.807) is 19.1 Å². The number of carboxylic acids is 1. The van der Waals surface area contributed by atoms with Crippen molar-refractivity contribution in [2.75, 3.05) is 7.11 Å². The number of hydrogen-bond donors (Lipinski definition) is 2. The first kappa shape index (κ1) is 18.3. The lowest BCUT2D eigenvalue weighted by Crippen LogP contribution is -2.42. The molecule has 1 heterocycles. The largest absolute Gasteiger partial charge is 0.497 e. The van der Waals surface area contributed by atoms with Crippen LogP contribution < -0.4 is 10.1 Å². The molecule has 2 rings (SSSR count). The number of rotatable bonds is 7. The molecule has 2 N–H and O–H groups in total. The van der Waals surface area contributed by atoms with Gasteiger partial charge >= 0.3 is 12.1 Å². The minimum absolute atomic E-state index is 0.0216. The Morgan fingerprint density at radius 1 is 1.24 bits per heavy atom. The van der Waals surface area contributed by atoms with Crippen LogP contribution in [0.2, 0.25) is 0 Å². The first-order chi connectivity index (χ1) is 12.0. The Bertz CT molecular complexity index is 734. The zero-order valence-electron chi connectivity index (χ0n) is 14.1. The van der Waals surface area contributed by atoms with Crippen LogP contribution in [0.5, 0.6) is 5.75 Å². The number of aromatic nitrogens is 1. The molecule has 0 radical (unpaired) electrons. The number of nitrogens with one attached hydrogen (secondary N) is 1. The van der Waals surface area contributed by atoms with Crippen LogP contribution in [0.15, 0.2) is 42.5 Å². The lowest BCUT2D eigenvalue weighted by molar-refractivity contribution is -0.139. The SMILES string of the molecule is COc1cc(C)nc(CC(NC(=O)OCc2ccccc2)C(=O)O)c1. The van der Waals surface area contributed by atoms with Crippen molar-refractivity contribution in [2.45, 2.75) is 26.0 Å². The summed E-state index contributed by atoms with van der Waals surface area (Å²) < 4.78 is 10.2. The molecule has 1 unspecified atom stereocenters. The highest BCUT2D eigenvalue weighted by molar-refractivity contribution is 5.80. The van der Waals surface area contributed by atoms with Gasteiger partial charge in [-0.25, -0.2) is 9.59 Å². The average Bonchev–Trinajstić information content (AvgIpc) is 2.59. The molecule has 1 atom stereocenters. The van der Waals surface area contributed by atoms with Crippen LogP contribution in [-0.4, -0.2) is 35.3 Å². The maximum Gasteiger partial charge on any atom is 0.408 e. The highest BCUT2D eigenvalue weighted by Gasteiger charge is 2.22. The fraction of sp³-hybridized carbons (Fsp3) is 0.278. The molecule has 0 fully saturated rings. The predicted octanol–water partition coefficient (Wildman–Crippen LogP) is 2.32. The zero-order valence-corrected chi connectivity index (χ0v) is 14.1. The molecular formula is C18H20N2O5. The van der Waals surface area contributed by atoms with Crippen LogP contribution in [0.3, 0.4) is 0 Å². The number of carbonyl (C=O) groups excluding carboxylic acids is 1. The lowest BCUT2D eigenvalue weighted by atomic mass is 10.1. The molecule has 0 saturated carbocycles. The van der Waals surface area contributed by atoms with Gasteiger partial charge in [0.1, 0.15) is 18.4 Å². The Labute approximate surface area is 145 Å². The highest BCUT2D eigenvalue weighted by Crippen LogP contribution is 2.14. The fourth-order valence-corrected chi connectivity index (χ4v) is 2.24. The van der Waals surface area contributed by atoms with Crippen LogP contribution in [-0.2, 0) is 22.6 Å². The number of aryl methyl sites for hydroxylation is 1. The lowest BCUT2D eigenvalue weighted by Gasteiger charge is -2.15. The van der Waals surface area contributed by atoms with E-state index < -0.39 is 18.1 Å². The third-order valence-electron chi connectivity index (χ3n) is 3.43. The quantitative estimate of drug-likeness (QED) is 0.800. The van der Waals surface area contributed by atoms with E-state index in [-0.39, 0.29) is 13.0 Å². The second kappa shape index (κ2) is 8.68. The Balaban J connectivity index is 1.97. The second-order valence-corrected chi connectivity index (χ2v) is 5.44. The number of amides is 1. The van der Waals surface area contributed by atoms with Crippen molar-refractivity contribution >= 4 is 12.1 Å². The molecule has 0 aliphatic heterocycles. The molecule has 132 valence electrons. The Morgan fingerprint density at radius 2 is 1.96 bits per heavy atom. The molecule has 1 aromatic heterocycles. The fourth-order valence-electron chi connectivity index (χ4n) is 2.24. The summed E-state index contributed by atoms with van der Waals surface area (Å²) in [5, 5.41) is 11.7. The molecular weight excluding hydrogens is 324 g/mol. The number of nitrogens with zero attached hydrogens (tertiary/aromatic N) is 1. The molecule has 7 nitrogen and oxygen atoms in total. The summed E-state index contributed by atoms with van der Waals surface area (Å²) in [6, 6.07) is 11.4. The van der Waals surface area contributed by atoms with E-state index in [0.717, 1.165) is 5.56 Å². The number of carbonyl (C=O) groups is 2. The van der Waals surface area contributed by atoms with Crippen molar-refractivity contribution in [2.24, 2.45) is 0 Å². The van der Waals surface area contributed by atoms with Crippen molar-refractivity contribution in [1.82, 2.24) is 10.3 Å². The second-order valence-electron chi connectivity index (χ2n) is 5.44. The van der Waals surface area contributed by atoms with E-state index >= 15 is 0 Å².